The largest absolute Gasteiger partial charge is 0.482 e. The molecule has 0 radical (unpaired) electrons. The molecule has 1 aliphatic carbocycles. The van der Waals surface area contributed by atoms with Gasteiger partial charge in [-0.1, -0.05) is 23.8 Å². The Morgan fingerprint density at radius 3 is 2.67 bits per heavy atom. The highest BCUT2D eigenvalue weighted by Gasteiger charge is 2.23. The van der Waals surface area contributed by atoms with E-state index >= 15 is 0 Å². The first kappa shape index (κ1) is 19.4. The molecule has 2 aromatic carbocycles. The molecule has 3 rings (SSSR count). The van der Waals surface area contributed by atoms with E-state index in [0.717, 1.165) is 36.0 Å². The van der Waals surface area contributed by atoms with Gasteiger partial charge in [0.1, 0.15) is 5.75 Å². The first-order valence-electron chi connectivity index (χ1n) is 8.89. The van der Waals surface area contributed by atoms with E-state index in [1.165, 1.54) is 0 Å². The summed E-state index contributed by atoms with van der Waals surface area (Å²) in [5.74, 6) is -0.407. The van der Waals surface area contributed by atoms with Crippen molar-refractivity contribution in [2.24, 2.45) is 0 Å². The van der Waals surface area contributed by atoms with E-state index in [0.29, 0.717) is 12.3 Å². The zero-order valence-corrected chi connectivity index (χ0v) is 16.0. The minimum absolute atomic E-state index is 0.0856. The van der Waals surface area contributed by atoms with Gasteiger partial charge in [-0.25, -0.2) is 17.9 Å². The third kappa shape index (κ3) is 4.87. The van der Waals surface area contributed by atoms with Gasteiger partial charge in [-0.2, -0.15) is 0 Å². The Morgan fingerprint density at radius 1 is 1.22 bits per heavy atom. The first-order chi connectivity index (χ1) is 12.8. The summed E-state index contributed by atoms with van der Waals surface area (Å²) in [6.45, 7) is 1.87. The van der Waals surface area contributed by atoms with Crippen molar-refractivity contribution in [1.29, 1.82) is 0 Å². The maximum Gasteiger partial charge on any atom is 0.341 e. The summed E-state index contributed by atoms with van der Waals surface area (Å²) in [7, 11) is -3.55. The number of sulfonamides is 1. The van der Waals surface area contributed by atoms with Gasteiger partial charge in [0.05, 0.1) is 4.90 Å². The van der Waals surface area contributed by atoms with Crippen LogP contribution in [0.15, 0.2) is 47.4 Å². The molecule has 0 saturated carbocycles. The zero-order chi connectivity index (χ0) is 19.4. The average molecular weight is 389 g/mol. The fraction of sp³-hybridized carbons (Fsp3) is 0.350. The summed E-state index contributed by atoms with van der Waals surface area (Å²) >= 11 is 0. The lowest BCUT2D eigenvalue weighted by atomic mass is 9.83. The van der Waals surface area contributed by atoms with Gasteiger partial charge >= 0.3 is 5.97 Å². The molecule has 0 aliphatic heterocycles. The molecule has 0 heterocycles. The van der Waals surface area contributed by atoms with Crippen LogP contribution in [0.3, 0.4) is 0 Å². The number of benzene rings is 2. The molecule has 7 heteroatoms. The molecule has 27 heavy (non-hydrogen) atoms. The zero-order valence-electron chi connectivity index (χ0n) is 15.1. The summed E-state index contributed by atoms with van der Waals surface area (Å²) in [5, 5.41) is 8.72. The molecular formula is C20H23NO5S. The van der Waals surface area contributed by atoms with E-state index in [1.807, 2.05) is 19.1 Å². The molecule has 1 aliphatic rings. The van der Waals surface area contributed by atoms with Crippen molar-refractivity contribution in [2.75, 3.05) is 13.2 Å². The number of nitrogens with one attached hydrogen (secondary N) is 1. The van der Waals surface area contributed by atoms with E-state index in [2.05, 4.69) is 4.72 Å². The minimum Gasteiger partial charge on any atom is -0.482 e. The number of carboxylic acids is 1. The highest BCUT2D eigenvalue weighted by molar-refractivity contribution is 7.89. The standard InChI is InChI=1S/C20H23NO5S/c1-14-5-8-18(9-6-14)27(24,25)21-12-16-4-2-3-15-11-17(7-10-19(15)16)26-13-20(22)23/h5-11,16,21H,2-4,12-13H2,1H3,(H,22,23). The smallest absolute Gasteiger partial charge is 0.341 e. The molecule has 0 fully saturated rings. The summed E-state index contributed by atoms with van der Waals surface area (Å²) < 4.78 is 33.0. The first-order valence-corrected chi connectivity index (χ1v) is 10.4. The van der Waals surface area contributed by atoms with Crippen LogP contribution in [0, 0.1) is 6.92 Å². The molecule has 0 spiro atoms. The van der Waals surface area contributed by atoms with Crippen molar-refractivity contribution in [3.8, 4) is 5.75 Å². The van der Waals surface area contributed by atoms with Crippen LogP contribution in [-0.2, 0) is 21.2 Å². The monoisotopic (exact) mass is 389 g/mol. The quantitative estimate of drug-likeness (QED) is 0.760. The van der Waals surface area contributed by atoms with E-state index < -0.39 is 16.0 Å². The van der Waals surface area contributed by atoms with E-state index in [9.17, 15) is 13.2 Å². The molecule has 0 bridgehead atoms. The maximum atomic E-state index is 12.5. The lowest BCUT2D eigenvalue weighted by Crippen LogP contribution is -2.30. The average Bonchev–Trinajstić information content (AvgIpc) is 2.64. The molecule has 0 amide bonds. The highest BCUT2D eigenvalue weighted by atomic mass is 32.2. The SMILES string of the molecule is Cc1ccc(S(=O)(=O)NCC2CCCc3cc(OCC(=O)O)ccc32)cc1. The number of hydrogen-bond acceptors (Lipinski definition) is 4. The second-order valence-electron chi connectivity index (χ2n) is 6.80. The minimum atomic E-state index is -3.55. The van der Waals surface area contributed by atoms with Crippen molar-refractivity contribution >= 4 is 16.0 Å². The number of rotatable bonds is 7. The van der Waals surface area contributed by atoms with Crippen molar-refractivity contribution < 1.29 is 23.1 Å². The number of aryl methyl sites for hydroxylation is 2. The topological polar surface area (TPSA) is 92.7 Å². The Hall–Kier alpha value is -2.38. The molecule has 1 unspecified atom stereocenters. The van der Waals surface area contributed by atoms with Crippen LogP contribution in [0.1, 0.15) is 35.4 Å². The highest BCUT2D eigenvalue weighted by Crippen LogP contribution is 2.33. The van der Waals surface area contributed by atoms with Gasteiger partial charge in [0, 0.05) is 6.54 Å². The van der Waals surface area contributed by atoms with Crippen molar-refractivity contribution in [1.82, 2.24) is 4.72 Å². The number of carboxylic acid groups (broad SMARTS) is 1. The van der Waals surface area contributed by atoms with E-state index in [4.69, 9.17) is 9.84 Å². The predicted octanol–water partition coefficient (Wildman–Crippen LogP) is 2.86. The Labute approximate surface area is 159 Å². The Balaban J connectivity index is 1.70. The molecule has 2 aromatic rings. The van der Waals surface area contributed by atoms with Crippen molar-refractivity contribution in [3.63, 3.8) is 0 Å². The van der Waals surface area contributed by atoms with E-state index in [-0.39, 0.29) is 17.4 Å². The summed E-state index contributed by atoms with van der Waals surface area (Å²) in [6.07, 6.45) is 2.73. The normalized spacial score (nSPS) is 16.6. The van der Waals surface area contributed by atoms with Crippen LogP contribution in [0.25, 0.3) is 0 Å². The Kier molecular flexibility index (Phi) is 5.82. The lowest BCUT2D eigenvalue weighted by Gasteiger charge is -2.26. The van der Waals surface area contributed by atoms with Gasteiger partial charge in [0.25, 0.3) is 0 Å². The lowest BCUT2D eigenvalue weighted by molar-refractivity contribution is -0.139. The molecule has 0 saturated heterocycles. The molecule has 1 atom stereocenters. The summed E-state index contributed by atoms with van der Waals surface area (Å²) in [6, 6.07) is 12.3. The van der Waals surface area contributed by atoms with Crippen molar-refractivity contribution in [2.45, 2.75) is 37.0 Å². The molecule has 144 valence electrons. The van der Waals surface area contributed by atoms with Gasteiger partial charge in [0.15, 0.2) is 6.61 Å². The van der Waals surface area contributed by atoms with E-state index in [1.54, 1.807) is 30.3 Å². The second-order valence-corrected chi connectivity index (χ2v) is 8.56. The molecule has 0 aromatic heterocycles. The Bertz CT molecular complexity index is 922. The van der Waals surface area contributed by atoms with Crippen LogP contribution in [0.5, 0.6) is 5.75 Å². The summed E-state index contributed by atoms with van der Waals surface area (Å²) in [4.78, 5) is 10.9. The van der Waals surface area contributed by atoms with Gasteiger partial charge in [0.2, 0.25) is 10.0 Å². The van der Waals surface area contributed by atoms with Gasteiger partial charge in [-0.3, -0.25) is 0 Å². The van der Waals surface area contributed by atoms with Gasteiger partial charge in [-0.05, 0) is 67.5 Å². The van der Waals surface area contributed by atoms with Crippen LogP contribution in [0.4, 0.5) is 0 Å². The molecule has 6 nitrogen and oxygen atoms in total. The summed E-state index contributed by atoms with van der Waals surface area (Å²) in [5.41, 5.74) is 3.19. The van der Waals surface area contributed by atoms with Crippen LogP contribution in [-0.4, -0.2) is 32.6 Å². The number of carbonyl (C=O) groups is 1. The predicted molar refractivity (Wildman–Crippen MR) is 102 cm³/mol. The van der Waals surface area contributed by atoms with Crippen LogP contribution >= 0.6 is 0 Å². The number of hydrogen-bond donors (Lipinski definition) is 2. The fourth-order valence-electron chi connectivity index (χ4n) is 3.35. The Morgan fingerprint density at radius 2 is 1.96 bits per heavy atom. The molecule has 2 N–H and O–H groups in total. The van der Waals surface area contributed by atoms with Gasteiger partial charge < -0.3 is 9.84 Å². The second kappa shape index (κ2) is 8.10. The van der Waals surface area contributed by atoms with Crippen molar-refractivity contribution in [3.05, 3.63) is 59.2 Å². The van der Waals surface area contributed by atoms with Crippen LogP contribution in [0.2, 0.25) is 0 Å². The number of fused-ring (bicyclic) bond motifs is 1. The number of aliphatic carboxylic acids is 1. The number of ether oxygens (including phenoxy) is 1. The maximum absolute atomic E-state index is 12.5. The third-order valence-corrected chi connectivity index (χ3v) is 6.21. The fourth-order valence-corrected chi connectivity index (χ4v) is 4.43. The third-order valence-electron chi connectivity index (χ3n) is 4.77. The van der Waals surface area contributed by atoms with Crippen LogP contribution < -0.4 is 9.46 Å². The van der Waals surface area contributed by atoms with Gasteiger partial charge in [-0.15, -0.1) is 0 Å². The molecular weight excluding hydrogens is 366 g/mol.